The van der Waals surface area contributed by atoms with E-state index in [0.29, 0.717) is 0 Å². The van der Waals surface area contributed by atoms with E-state index in [1.807, 2.05) is 0 Å². The fourth-order valence-corrected chi connectivity index (χ4v) is 3.78. The van der Waals surface area contributed by atoms with Crippen molar-refractivity contribution in [1.29, 1.82) is 0 Å². The van der Waals surface area contributed by atoms with Gasteiger partial charge in [-0.3, -0.25) is 0 Å². The van der Waals surface area contributed by atoms with Crippen LogP contribution in [0.4, 0.5) is 0 Å². The molecule has 4 aromatic rings. The molecular weight excluding hydrogens is 336 g/mol. The molecule has 0 bridgehead atoms. The molecule has 0 aliphatic carbocycles. The Balaban J connectivity index is 1.75. The molecule has 0 saturated heterocycles. The summed E-state index contributed by atoms with van der Waals surface area (Å²) in [5.74, 6) is 0. The van der Waals surface area contributed by atoms with Crippen LogP contribution >= 0.6 is 0 Å². The fraction of sp³-hybridized carbons (Fsp3) is 0.286. The lowest BCUT2D eigenvalue weighted by molar-refractivity contribution is 0.591. The molecule has 4 aromatic carbocycles. The Hall–Kier alpha value is -2.60. The van der Waals surface area contributed by atoms with Crippen LogP contribution in [0, 0.1) is 0 Å². The van der Waals surface area contributed by atoms with Gasteiger partial charge in [-0.25, -0.2) is 0 Å². The third-order valence-corrected chi connectivity index (χ3v) is 5.75. The van der Waals surface area contributed by atoms with Crippen LogP contribution in [0.25, 0.3) is 32.7 Å². The first-order chi connectivity index (χ1) is 13.1. The minimum absolute atomic E-state index is 0.178. The monoisotopic (exact) mass is 366 g/mol. The van der Waals surface area contributed by atoms with Crippen molar-refractivity contribution >= 4 is 21.5 Å². The highest BCUT2D eigenvalue weighted by atomic mass is 14.2. The summed E-state index contributed by atoms with van der Waals surface area (Å²) in [7, 11) is 0. The molecule has 0 N–H and O–H groups in total. The van der Waals surface area contributed by atoms with E-state index in [4.69, 9.17) is 0 Å². The van der Waals surface area contributed by atoms with Gasteiger partial charge in [0.05, 0.1) is 0 Å². The summed E-state index contributed by atoms with van der Waals surface area (Å²) in [4.78, 5) is 0. The summed E-state index contributed by atoms with van der Waals surface area (Å²) < 4.78 is 0. The van der Waals surface area contributed by atoms with Crippen molar-refractivity contribution in [2.75, 3.05) is 0 Å². The van der Waals surface area contributed by atoms with Crippen molar-refractivity contribution in [1.82, 2.24) is 0 Å². The molecule has 0 heteroatoms. The third-order valence-electron chi connectivity index (χ3n) is 5.75. The number of fused-ring (bicyclic) bond motifs is 2. The van der Waals surface area contributed by atoms with Gasteiger partial charge in [-0.2, -0.15) is 0 Å². The van der Waals surface area contributed by atoms with Crippen LogP contribution < -0.4 is 0 Å². The first-order valence-corrected chi connectivity index (χ1v) is 10.2. The number of hydrogen-bond donors (Lipinski definition) is 0. The Morgan fingerprint density at radius 2 is 0.714 bits per heavy atom. The fourth-order valence-electron chi connectivity index (χ4n) is 3.78. The molecule has 4 rings (SSSR count). The molecule has 0 nitrogen and oxygen atoms in total. The van der Waals surface area contributed by atoms with Crippen LogP contribution in [0.5, 0.6) is 0 Å². The summed E-state index contributed by atoms with van der Waals surface area (Å²) in [6.07, 6.45) is 0. The van der Waals surface area contributed by atoms with Crippen molar-refractivity contribution in [2.24, 2.45) is 0 Å². The Labute approximate surface area is 169 Å². The van der Waals surface area contributed by atoms with Crippen molar-refractivity contribution in [3.05, 3.63) is 83.9 Å². The highest BCUT2D eigenvalue weighted by Crippen LogP contribution is 2.32. The van der Waals surface area contributed by atoms with Gasteiger partial charge in [-0.05, 0) is 66.8 Å². The summed E-state index contributed by atoms with van der Waals surface area (Å²) in [5, 5.41) is 5.22. The largest absolute Gasteiger partial charge is 0.0579 e. The first kappa shape index (κ1) is 18.7. The van der Waals surface area contributed by atoms with Gasteiger partial charge >= 0.3 is 0 Å². The third kappa shape index (κ3) is 3.56. The number of benzene rings is 4. The molecule has 0 aromatic heterocycles. The molecule has 0 radical (unpaired) electrons. The van der Waals surface area contributed by atoms with Gasteiger partial charge < -0.3 is 0 Å². The van der Waals surface area contributed by atoms with E-state index in [1.165, 1.54) is 43.8 Å². The van der Waals surface area contributed by atoms with Crippen molar-refractivity contribution in [2.45, 2.75) is 52.4 Å². The molecular formula is C28H30. The lowest BCUT2D eigenvalue weighted by Crippen LogP contribution is -2.10. The quantitative estimate of drug-likeness (QED) is 0.318. The summed E-state index contributed by atoms with van der Waals surface area (Å²) in [5.41, 5.74) is 5.67. The lowest BCUT2D eigenvalue weighted by atomic mass is 9.85. The van der Waals surface area contributed by atoms with E-state index in [1.54, 1.807) is 0 Å². The summed E-state index contributed by atoms with van der Waals surface area (Å²) in [6, 6.07) is 27.3. The normalized spacial score (nSPS) is 12.6. The van der Waals surface area contributed by atoms with Crippen molar-refractivity contribution < 1.29 is 0 Å². The van der Waals surface area contributed by atoms with Crippen LogP contribution in [0.1, 0.15) is 52.7 Å². The predicted molar refractivity (Wildman–Crippen MR) is 124 cm³/mol. The Kier molecular flexibility index (Phi) is 4.34. The first-order valence-electron chi connectivity index (χ1n) is 10.2. The zero-order chi connectivity index (χ0) is 20.1. The second kappa shape index (κ2) is 6.48. The molecule has 0 atom stereocenters. The van der Waals surface area contributed by atoms with Gasteiger partial charge in [0.25, 0.3) is 0 Å². The minimum atomic E-state index is 0.178. The van der Waals surface area contributed by atoms with Gasteiger partial charge in [0.1, 0.15) is 0 Å². The smallest absolute Gasteiger partial charge is 0.0132 e. The second-order valence-corrected chi connectivity index (χ2v) is 10.1. The molecule has 28 heavy (non-hydrogen) atoms. The van der Waals surface area contributed by atoms with Crippen LogP contribution in [0.15, 0.2) is 72.8 Å². The van der Waals surface area contributed by atoms with E-state index in [9.17, 15) is 0 Å². The molecule has 0 unspecified atom stereocenters. The molecule has 0 aliphatic heterocycles. The maximum absolute atomic E-state index is 2.33. The van der Waals surface area contributed by atoms with Crippen LogP contribution in [-0.2, 0) is 10.8 Å². The average Bonchev–Trinajstić information content (AvgIpc) is 2.65. The van der Waals surface area contributed by atoms with Crippen LogP contribution in [0.2, 0.25) is 0 Å². The van der Waals surface area contributed by atoms with E-state index in [0.717, 1.165) is 0 Å². The Morgan fingerprint density at radius 3 is 1.07 bits per heavy atom. The van der Waals surface area contributed by atoms with E-state index in [2.05, 4.69) is 114 Å². The second-order valence-electron chi connectivity index (χ2n) is 10.1. The molecule has 0 heterocycles. The zero-order valence-corrected chi connectivity index (χ0v) is 17.9. The van der Waals surface area contributed by atoms with Crippen LogP contribution in [0.3, 0.4) is 0 Å². The van der Waals surface area contributed by atoms with E-state index < -0.39 is 0 Å². The van der Waals surface area contributed by atoms with Crippen LogP contribution in [-0.4, -0.2) is 0 Å². The summed E-state index contributed by atoms with van der Waals surface area (Å²) >= 11 is 0. The Morgan fingerprint density at radius 1 is 0.393 bits per heavy atom. The standard InChI is InChI=1S/C28H30/c1-27(2,3)25-13-11-21-15-19(7-9-23(21)17-25)20-8-10-24-18-26(28(4,5)6)14-12-22(24)16-20/h7-18H,1-6H3. The van der Waals surface area contributed by atoms with Gasteiger partial charge in [-0.15, -0.1) is 0 Å². The lowest BCUT2D eigenvalue weighted by Gasteiger charge is -2.20. The predicted octanol–water partition coefficient (Wildman–Crippen LogP) is 8.26. The number of hydrogen-bond acceptors (Lipinski definition) is 0. The minimum Gasteiger partial charge on any atom is -0.0579 e. The van der Waals surface area contributed by atoms with E-state index >= 15 is 0 Å². The van der Waals surface area contributed by atoms with Gasteiger partial charge in [0, 0.05) is 0 Å². The van der Waals surface area contributed by atoms with Gasteiger partial charge in [0.15, 0.2) is 0 Å². The molecule has 0 spiro atoms. The molecule has 0 aliphatic rings. The highest BCUT2D eigenvalue weighted by Gasteiger charge is 2.15. The van der Waals surface area contributed by atoms with E-state index in [-0.39, 0.29) is 10.8 Å². The highest BCUT2D eigenvalue weighted by molar-refractivity contribution is 5.92. The van der Waals surface area contributed by atoms with Crippen molar-refractivity contribution in [3.63, 3.8) is 0 Å². The molecule has 142 valence electrons. The van der Waals surface area contributed by atoms with Crippen molar-refractivity contribution in [3.8, 4) is 11.1 Å². The molecule has 0 saturated carbocycles. The average molecular weight is 367 g/mol. The van der Waals surface area contributed by atoms with Gasteiger partial charge in [0.2, 0.25) is 0 Å². The molecule has 0 amide bonds. The maximum atomic E-state index is 2.33. The summed E-state index contributed by atoms with van der Waals surface area (Å²) in [6.45, 7) is 13.6. The number of rotatable bonds is 1. The topological polar surface area (TPSA) is 0 Å². The SMILES string of the molecule is CC(C)(C)c1ccc2cc(-c3ccc4cc(C(C)(C)C)ccc4c3)ccc2c1. The van der Waals surface area contributed by atoms with Gasteiger partial charge in [-0.1, -0.05) is 102 Å². The molecule has 0 fully saturated rings. The zero-order valence-electron chi connectivity index (χ0n) is 17.9. The Bertz CT molecular complexity index is 1070. The maximum Gasteiger partial charge on any atom is -0.0132 e.